The van der Waals surface area contributed by atoms with Gasteiger partial charge in [-0.3, -0.25) is 4.40 Å². The van der Waals surface area contributed by atoms with E-state index >= 15 is 0 Å². The van der Waals surface area contributed by atoms with Gasteiger partial charge in [-0.05, 0) is 30.2 Å². The minimum Gasteiger partial charge on any atom is -0.276 e. The van der Waals surface area contributed by atoms with Crippen molar-refractivity contribution in [2.75, 3.05) is 13.1 Å². The van der Waals surface area contributed by atoms with Gasteiger partial charge in [-0.1, -0.05) is 49.9 Å². The van der Waals surface area contributed by atoms with Gasteiger partial charge in [0.05, 0.1) is 4.90 Å². The van der Waals surface area contributed by atoms with E-state index in [4.69, 9.17) is 0 Å². The van der Waals surface area contributed by atoms with Crippen LogP contribution in [-0.4, -0.2) is 40.4 Å². The molecule has 2 aromatic heterocycles. The van der Waals surface area contributed by atoms with Crippen molar-refractivity contribution in [3.63, 3.8) is 0 Å². The van der Waals surface area contributed by atoms with Gasteiger partial charge in [-0.2, -0.15) is 4.31 Å². The van der Waals surface area contributed by atoms with Crippen molar-refractivity contribution in [2.24, 2.45) is 0 Å². The van der Waals surface area contributed by atoms with E-state index in [0.29, 0.717) is 23.9 Å². The molecule has 3 aromatic rings. The lowest BCUT2D eigenvalue weighted by atomic mass is 10.1. The summed E-state index contributed by atoms with van der Waals surface area (Å²) in [7, 11) is -3.51. The molecule has 0 saturated carbocycles. The number of hydrogen-bond donors (Lipinski definition) is 0. The molecule has 0 radical (unpaired) electrons. The fraction of sp³-hybridized carbons (Fsp3) is 0.333. The number of sulfonamides is 1. The van der Waals surface area contributed by atoms with Gasteiger partial charge < -0.3 is 0 Å². The van der Waals surface area contributed by atoms with Crippen LogP contribution in [0, 0.1) is 6.92 Å². The summed E-state index contributed by atoms with van der Waals surface area (Å²) in [5.41, 5.74) is 3.08. The number of aromatic nitrogens is 3. The summed E-state index contributed by atoms with van der Waals surface area (Å²) in [6.07, 6.45) is 1.61. The van der Waals surface area contributed by atoms with Gasteiger partial charge in [0.2, 0.25) is 10.0 Å². The molecule has 26 heavy (non-hydrogen) atoms. The SMILES string of the molecule is CCN(CC)S(=O)(=O)c1ccc2nnc(SCc3ccccc3C)n2c1. The quantitative estimate of drug-likeness (QED) is 0.579. The maximum atomic E-state index is 12.8. The number of pyridine rings is 1. The lowest BCUT2D eigenvalue weighted by molar-refractivity contribution is 0.445. The van der Waals surface area contributed by atoms with Crippen LogP contribution in [0.1, 0.15) is 25.0 Å². The van der Waals surface area contributed by atoms with Gasteiger partial charge in [0.25, 0.3) is 0 Å². The second kappa shape index (κ2) is 7.77. The summed E-state index contributed by atoms with van der Waals surface area (Å²) in [4.78, 5) is 0.256. The molecule has 138 valence electrons. The van der Waals surface area contributed by atoms with Gasteiger partial charge >= 0.3 is 0 Å². The molecule has 1 aromatic carbocycles. The Kier molecular flexibility index (Phi) is 5.64. The number of aryl methyl sites for hydroxylation is 1. The van der Waals surface area contributed by atoms with Gasteiger partial charge in [-0.15, -0.1) is 10.2 Å². The van der Waals surface area contributed by atoms with E-state index < -0.39 is 10.0 Å². The van der Waals surface area contributed by atoms with Crippen LogP contribution < -0.4 is 0 Å². The highest BCUT2D eigenvalue weighted by atomic mass is 32.2. The molecule has 0 bridgehead atoms. The molecule has 0 aliphatic rings. The standard InChI is InChI=1S/C18H22N4O2S2/c1-4-21(5-2)26(23,24)16-10-11-17-19-20-18(22(17)12-16)25-13-15-9-7-6-8-14(15)3/h6-12H,4-5,13H2,1-3H3. The van der Waals surface area contributed by atoms with Gasteiger partial charge in [0, 0.05) is 25.0 Å². The van der Waals surface area contributed by atoms with E-state index in [9.17, 15) is 8.42 Å². The van der Waals surface area contributed by atoms with Crippen molar-refractivity contribution in [3.8, 4) is 0 Å². The Morgan fingerprint density at radius 2 is 1.81 bits per heavy atom. The van der Waals surface area contributed by atoms with Crippen molar-refractivity contribution >= 4 is 27.4 Å². The maximum Gasteiger partial charge on any atom is 0.244 e. The molecule has 3 rings (SSSR count). The Balaban J connectivity index is 1.92. The average Bonchev–Trinajstić information content (AvgIpc) is 3.04. The summed E-state index contributed by atoms with van der Waals surface area (Å²) >= 11 is 1.54. The van der Waals surface area contributed by atoms with Crippen LogP contribution in [0.5, 0.6) is 0 Å². The Hall–Kier alpha value is -1.90. The van der Waals surface area contributed by atoms with Crippen LogP contribution >= 0.6 is 11.8 Å². The third-order valence-electron chi connectivity index (χ3n) is 4.31. The van der Waals surface area contributed by atoms with E-state index in [1.54, 1.807) is 34.5 Å². The number of nitrogens with zero attached hydrogens (tertiary/aromatic N) is 4. The van der Waals surface area contributed by atoms with E-state index in [-0.39, 0.29) is 4.90 Å². The zero-order chi connectivity index (χ0) is 18.7. The normalized spacial score (nSPS) is 12.2. The van der Waals surface area contributed by atoms with E-state index in [1.807, 2.05) is 26.0 Å². The summed E-state index contributed by atoms with van der Waals surface area (Å²) in [6, 6.07) is 11.5. The van der Waals surface area contributed by atoms with Crippen molar-refractivity contribution < 1.29 is 8.42 Å². The predicted molar refractivity (Wildman–Crippen MR) is 104 cm³/mol. The first-order valence-corrected chi connectivity index (χ1v) is 10.9. The number of fused-ring (bicyclic) bond motifs is 1. The average molecular weight is 391 g/mol. The van der Waals surface area contributed by atoms with Crippen LogP contribution in [0.15, 0.2) is 52.6 Å². The van der Waals surface area contributed by atoms with E-state index in [1.165, 1.54) is 15.4 Å². The minimum absolute atomic E-state index is 0.256. The third kappa shape index (κ3) is 3.62. The number of benzene rings is 1. The largest absolute Gasteiger partial charge is 0.276 e. The predicted octanol–water partition coefficient (Wildman–Crippen LogP) is 3.36. The van der Waals surface area contributed by atoms with Crippen LogP contribution in [0.2, 0.25) is 0 Å². The van der Waals surface area contributed by atoms with Crippen LogP contribution in [0.3, 0.4) is 0 Å². The molecule has 0 N–H and O–H groups in total. The van der Waals surface area contributed by atoms with E-state index in [0.717, 1.165) is 5.75 Å². The Bertz CT molecular complexity index is 1010. The fourth-order valence-electron chi connectivity index (χ4n) is 2.73. The highest BCUT2D eigenvalue weighted by Crippen LogP contribution is 2.25. The zero-order valence-electron chi connectivity index (χ0n) is 15.1. The van der Waals surface area contributed by atoms with Crippen molar-refractivity contribution in [1.82, 2.24) is 18.9 Å². The molecule has 8 heteroatoms. The maximum absolute atomic E-state index is 12.8. The molecule has 0 aliphatic heterocycles. The molecule has 0 amide bonds. The van der Waals surface area contributed by atoms with Crippen LogP contribution in [0.25, 0.3) is 5.65 Å². The lowest BCUT2D eigenvalue weighted by Gasteiger charge is -2.18. The number of rotatable bonds is 7. The summed E-state index contributed by atoms with van der Waals surface area (Å²) in [5, 5.41) is 9.04. The molecule has 0 spiro atoms. The van der Waals surface area contributed by atoms with Crippen molar-refractivity contribution in [2.45, 2.75) is 36.6 Å². The second-order valence-electron chi connectivity index (χ2n) is 5.88. The molecular weight excluding hydrogens is 368 g/mol. The van der Waals surface area contributed by atoms with Crippen LogP contribution in [-0.2, 0) is 15.8 Å². The van der Waals surface area contributed by atoms with E-state index in [2.05, 4.69) is 29.3 Å². The molecule has 0 unspecified atom stereocenters. The van der Waals surface area contributed by atoms with Gasteiger partial charge in [0.1, 0.15) is 0 Å². The molecule has 0 aliphatic carbocycles. The smallest absolute Gasteiger partial charge is 0.244 e. The number of hydrogen-bond acceptors (Lipinski definition) is 5. The minimum atomic E-state index is -3.51. The Labute approximate surface area is 158 Å². The molecule has 2 heterocycles. The molecule has 0 saturated heterocycles. The summed E-state index contributed by atoms with van der Waals surface area (Å²) < 4.78 is 28.7. The molecule has 6 nitrogen and oxygen atoms in total. The zero-order valence-corrected chi connectivity index (χ0v) is 16.7. The topological polar surface area (TPSA) is 67.6 Å². The second-order valence-corrected chi connectivity index (χ2v) is 8.76. The van der Waals surface area contributed by atoms with Gasteiger partial charge in [-0.25, -0.2) is 8.42 Å². The van der Waals surface area contributed by atoms with Crippen LogP contribution in [0.4, 0.5) is 0 Å². The summed E-state index contributed by atoms with van der Waals surface area (Å²) in [6.45, 7) is 6.62. The molecule has 0 atom stereocenters. The lowest BCUT2D eigenvalue weighted by Crippen LogP contribution is -2.30. The van der Waals surface area contributed by atoms with Crippen molar-refractivity contribution in [1.29, 1.82) is 0 Å². The first-order chi connectivity index (χ1) is 12.5. The Morgan fingerprint density at radius 3 is 2.50 bits per heavy atom. The first kappa shape index (κ1) is 18.9. The number of thioether (sulfide) groups is 1. The van der Waals surface area contributed by atoms with Crippen molar-refractivity contribution in [3.05, 3.63) is 53.7 Å². The third-order valence-corrected chi connectivity index (χ3v) is 7.33. The molecule has 0 fully saturated rings. The monoisotopic (exact) mass is 390 g/mol. The van der Waals surface area contributed by atoms with Gasteiger partial charge in [0.15, 0.2) is 10.8 Å². The summed E-state index contributed by atoms with van der Waals surface area (Å²) in [5.74, 6) is 0.750. The Morgan fingerprint density at radius 1 is 1.08 bits per heavy atom. The fourth-order valence-corrected chi connectivity index (χ4v) is 5.18. The first-order valence-electron chi connectivity index (χ1n) is 8.49. The molecular formula is C18H22N4O2S2. The highest BCUT2D eigenvalue weighted by molar-refractivity contribution is 7.98. The highest BCUT2D eigenvalue weighted by Gasteiger charge is 2.22.